The summed E-state index contributed by atoms with van der Waals surface area (Å²) >= 11 is 0. The minimum Gasteiger partial charge on any atom is -0.328 e. The Kier molecular flexibility index (Phi) is 3.69. The Morgan fingerprint density at radius 3 is 2.33 bits per heavy atom. The van der Waals surface area contributed by atoms with Crippen LogP contribution in [0, 0.1) is 5.82 Å². The molecule has 0 aliphatic carbocycles. The monoisotopic (exact) mass is 302 g/mol. The molecule has 2 aliphatic rings. The van der Waals surface area contributed by atoms with Gasteiger partial charge in [0.15, 0.2) is 0 Å². The van der Waals surface area contributed by atoms with Crippen molar-refractivity contribution in [2.45, 2.75) is 56.5 Å². The molecule has 116 valence electrons. The van der Waals surface area contributed by atoms with Crippen LogP contribution < -0.4 is 5.73 Å². The zero-order chi connectivity index (χ0) is 15.2. The van der Waals surface area contributed by atoms with Crippen LogP contribution in [0.3, 0.4) is 0 Å². The molecular weight excluding hydrogens is 284 g/mol. The fourth-order valence-electron chi connectivity index (χ4n) is 3.72. The first kappa shape index (κ1) is 14.8. The Bertz CT molecular complexity index is 515. The molecule has 0 aromatic heterocycles. The molecule has 2 atom stereocenters. The maximum atomic E-state index is 13.1. The van der Waals surface area contributed by atoms with Crippen LogP contribution >= 0.6 is 0 Å². The van der Waals surface area contributed by atoms with Crippen molar-refractivity contribution in [3.8, 4) is 0 Å². The molecule has 2 aliphatic heterocycles. The van der Waals surface area contributed by atoms with E-state index in [0.717, 1.165) is 31.7 Å². The lowest BCUT2D eigenvalue weighted by Crippen LogP contribution is -2.47. The molecule has 0 saturated carbocycles. The van der Waals surface area contributed by atoms with Gasteiger partial charge in [-0.25, -0.2) is 4.39 Å². The van der Waals surface area contributed by atoms with E-state index in [1.165, 1.54) is 6.07 Å². The SMILES string of the molecule is NC1CC2CCC(C1)N2Cc1ccc(F)cc1C(F)(F)F. The summed E-state index contributed by atoms with van der Waals surface area (Å²) in [6.45, 7) is 0.219. The summed E-state index contributed by atoms with van der Waals surface area (Å²) in [5.41, 5.74) is 5.26. The van der Waals surface area contributed by atoms with Crippen molar-refractivity contribution in [2.24, 2.45) is 5.73 Å². The smallest absolute Gasteiger partial charge is 0.328 e. The Hall–Kier alpha value is -1.14. The van der Waals surface area contributed by atoms with Gasteiger partial charge in [0.2, 0.25) is 0 Å². The van der Waals surface area contributed by atoms with Gasteiger partial charge >= 0.3 is 6.18 Å². The predicted octanol–water partition coefficient (Wildman–Crippen LogP) is 3.30. The zero-order valence-electron chi connectivity index (χ0n) is 11.5. The van der Waals surface area contributed by atoms with Crippen molar-refractivity contribution in [2.75, 3.05) is 0 Å². The van der Waals surface area contributed by atoms with E-state index in [-0.39, 0.29) is 30.2 Å². The molecule has 1 aromatic carbocycles. The standard InChI is InChI=1S/C15H18F4N2/c16-10-2-1-9(14(5-10)15(17,18)19)8-21-12-3-4-13(21)7-11(20)6-12/h1-2,5,11-13H,3-4,6-8,20H2. The normalized spacial score (nSPS) is 29.9. The van der Waals surface area contributed by atoms with Crippen LogP contribution in [0.4, 0.5) is 17.6 Å². The van der Waals surface area contributed by atoms with Crippen LogP contribution in [0.2, 0.25) is 0 Å². The third-order valence-electron chi connectivity index (χ3n) is 4.65. The molecular formula is C15H18F4N2. The summed E-state index contributed by atoms with van der Waals surface area (Å²) in [5, 5.41) is 0. The molecule has 2 saturated heterocycles. The van der Waals surface area contributed by atoms with Crippen LogP contribution in [0.5, 0.6) is 0 Å². The number of hydrogen-bond donors (Lipinski definition) is 1. The highest BCUT2D eigenvalue weighted by atomic mass is 19.4. The van der Waals surface area contributed by atoms with Gasteiger partial charge in [0.25, 0.3) is 0 Å². The van der Waals surface area contributed by atoms with Crippen molar-refractivity contribution in [3.63, 3.8) is 0 Å². The topological polar surface area (TPSA) is 29.3 Å². The molecule has 3 rings (SSSR count). The number of hydrogen-bond acceptors (Lipinski definition) is 2. The fourth-order valence-corrected chi connectivity index (χ4v) is 3.72. The second kappa shape index (κ2) is 5.25. The van der Waals surface area contributed by atoms with Gasteiger partial charge in [-0.3, -0.25) is 4.90 Å². The largest absolute Gasteiger partial charge is 0.416 e. The number of benzene rings is 1. The highest BCUT2D eigenvalue weighted by molar-refractivity contribution is 5.30. The average Bonchev–Trinajstić information content (AvgIpc) is 2.62. The van der Waals surface area contributed by atoms with E-state index in [0.29, 0.717) is 6.07 Å². The Morgan fingerprint density at radius 1 is 1.14 bits per heavy atom. The van der Waals surface area contributed by atoms with Gasteiger partial charge in [-0.15, -0.1) is 0 Å². The quantitative estimate of drug-likeness (QED) is 0.849. The first-order valence-corrected chi connectivity index (χ1v) is 7.21. The number of nitrogens with zero attached hydrogens (tertiary/aromatic N) is 1. The summed E-state index contributed by atoms with van der Waals surface area (Å²) in [6, 6.07) is 3.60. The maximum Gasteiger partial charge on any atom is 0.416 e. The second-order valence-corrected chi connectivity index (χ2v) is 6.09. The van der Waals surface area contributed by atoms with Crippen LogP contribution in [0.15, 0.2) is 18.2 Å². The summed E-state index contributed by atoms with van der Waals surface area (Å²) in [5.74, 6) is -0.852. The van der Waals surface area contributed by atoms with Crippen molar-refractivity contribution in [1.29, 1.82) is 0 Å². The van der Waals surface area contributed by atoms with E-state index in [2.05, 4.69) is 4.90 Å². The molecule has 2 heterocycles. The summed E-state index contributed by atoms with van der Waals surface area (Å²) < 4.78 is 52.3. The van der Waals surface area contributed by atoms with E-state index in [9.17, 15) is 17.6 Å². The van der Waals surface area contributed by atoms with E-state index in [1.807, 2.05) is 0 Å². The molecule has 6 heteroatoms. The van der Waals surface area contributed by atoms with Crippen LogP contribution in [0.1, 0.15) is 36.8 Å². The average molecular weight is 302 g/mol. The second-order valence-electron chi connectivity index (χ2n) is 6.09. The van der Waals surface area contributed by atoms with Gasteiger partial charge in [0, 0.05) is 24.7 Å². The number of alkyl halides is 3. The minimum atomic E-state index is -4.53. The van der Waals surface area contributed by atoms with Crippen LogP contribution in [-0.4, -0.2) is 23.0 Å². The summed E-state index contributed by atoms with van der Waals surface area (Å²) in [4.78, 5) is 2.12. The highest BCUT2D eigenvalue weighted by Crippen LogP contribution is 2.39. The lowest BCUT2D eigenvalue weighted by molar-refractivity contribution is -0.138. The van der Waals surface area contributed by atoms with E-state index in [4.69, 9.17) is 5.73 Å². The number of fused-ring (bicyclic) bond motifs is 2. The van der Waals surface area contributed by atoms with Crippen molar-refractivity contribution in [3.05, 3.63) is 35.1 Å². The van der Waals surface area contributed by atoms with E-state index < -0.39 is 17.6 Å². The predicted molar refractivity (Wildman–Crippen MR) is 71.0 cm³/mol. The molecule has 0 spiro atoms. The van der Waals surface area contributed by atoms with Gasteiger partial charge in [0.05, 0.1) is 5.56 Å². The van der Waals surface area contributed by atoms with Crippen LogP contribution in [0.25, 0.3) is 0 Å². The van der Waals surface area contributed by atoms with Gasteiger partial charge < -0.3 is 5.73 Å². The Balaban J connectivity index is 1.86. The van der Waals surface area contributed by atoms with Gasteiger partial charge in [-0.05, 0) is 43.4 Å². The third-order valence-corrected chi connectivity index (χ3v) is 4.65. The zero-order valence-corrected chi connectivity index (χ0v) is 11.5. The summed E-state index contributed by atoms with van der Waals surface area (Å²) in [6.07, 6.45) is -0.886. The Labute approximate surface area is 120 Å². The first-order chi connectivity index (χ1) is 9.84. The molecule has 2 fully saturated rings. The minimum absolute atomic E-state index is 0.147. The summed E-state index contributed by atoms with van der Waals surface area (Å²) in [7, 11) is 0. The van der Waals surface area contributed by atoms with Gasteiger partial charge in [0.1, 0.15) is 5.82 Å². The molecule has 1 aromatic rings. The fraction of sp³-hybridized carbons (Fsp3) is 0.600. The van der Waals surface area contributed by atoms with Crippen molar-refractivity contribution in [1.82, 2.24) is 4.90 Å². The molecule has 0 radical (unpaired) electrons. The number of piperidine rings is 1. The molecule has 2 N–H and O–H groups in total. The maximum absolute atomic E-state index is 13.1. The lowest BCUT2D eigenvalue weighted by Gasteiger charge is -2.38. The van der Waals surface area contributed by atoms with E-state index in [1.54, 1.807) is 0 Å². The van der Waals surface area contributed by atoms with Crippen molar-refractivity contribution >= 4 is 0 Å². The Morgan fingerprint density at radius 2 is 1.76 bits per heavy atom. The molecule has 2 bridgehead atoms. The highest BCUT2D eigenvalue weighted by Gasteiger charge is 2.41. The number of nitrogens with two attached hydrogens (primary N) is 1. The third kappa shape index (κ3) is 2.92. The van der Waals surface area contributed by atoms with Crippen molar-refractivity contribution < 1.29 is 17.6 Å². The molecule has 2 unspecified atom stereocenters. The molecule has 0 amide bonds. The van der Waals surface area contributed by atoms with Gasteiger partial charge in [-0.2, -0.15) is 13.2 Å². The lowest BCUT2D eigenvalue weighted by atomic mass is 9.96. The van der Waals surface area contributed by atoms with Crippen LogP contribution in [-0.2, 0) is 12.7 Å². The number of rotatable bonds is 2. The van der Waals surface area contributed by atoms with Gasteiger partial charge in [-0.1, -0.05) is 6.07 Å². The number of halogens is 4. The molecule has 21 heavy (non-hydrogen) atoms. The first-order valence-electron chi connectivity index (χ1n) is 7.21. The van der Waals surface area contributed by atoms with E-state index >= 15 is 0 Å². The molecule has 2 nitrogen and oxygen atoms in total.